The van der Waals surface area contributed by atoms with Gasteiger partial charge in [-0.05, 0) is 55.8 Å². The number of piperazine rings is 1. The highest BCUT2D eigenvalue weighted by Crippen LogP contribution is 2.62. The van der Waals surface area contributed by atoms with Gasteiger partial charge in [-0.3, -0.25) is 9.80 Å². The van der Waals surface area contributed by atoms with Crippen molar-refractivity contribution in [2.45, 2.75) is 81.1 Å². The number of likely N-dealkylation sites (tertiary alicyclic amines) is 1. The van der Waals surface area contributed by atoms with Crippen molar-refractivity contribution in [3.8, 4) is 17.1 Å². The summed E-state index contributed by atoms with van der Waals surface area (Å²) in [6.07, 6.45) is 4.31. The van der Waals surface area contributed by atoms with E-state index in [2.05, 4.69) is 19.7 Å². The summed E-state index contributed by atoms with van der Waals surface area (Å²) >= 11 is 1.38. The van der Waals surface area contributed by atoms with Gasteiger partial charge in [-0.2, -0.15) is 9.97 Å². The zero-order chi connectivity index (χ0) is 31.7. The van der Waals surface area contributed by atoms with Crippen LogP contribution in [0.25, 0.3) is 32.2 Å². The van der Waals surface area contributed by atoms with Gasteiger partial charge < -0.3 is 25.2 Å². The van der Waals surface area contributed by atoms with E-state index in [1.165, 1.54) is 11.3 Å². The molecule has 5 atom stereocenters. The number of aliphatic hydroxyl groups excluding tert-OH is 1. The van der Waals surface area contributed by atoms with Gasteiger partial charge in [0, 0.05) is 43.8 Å². The minimum atomic E-state index is -0.878. The molecule has 3 N–H and O–H groups in total. The number of anilines is 2. The number of para-hydroxylation sites is 1. The molecule has 10 nitrogen and oxygen atoms in total. The summed E-state index contributed by atoms with van der Waals surface area (Å²) < 4.78 is 45.3. The van der Waals surface area contributed by atoms with Gasteiger partial charge in [-0.25, -0.2) is 13.8 Å². The van der Waals surface area contributed by atoms with Gasteiger partial charge in [0.15, 0.2) is 10.9 Å². The molecule has 4 saturated heterocycles. The number of alkyl halides is 1. The lowest BCUT2D eigenvalue weighted by atomic mass is 9.52. The fourth-order valence-corrected chi connectivity index (χ4v) is 10.8. The summed E-state index contributed by atoms with van der Waals surface area (Å²) in [5, 5.41) is 10.6. The summed E-state index contributed by atoms with van der Waals surface area (Å²) in [5.74, 6) is 0.261. The van der Waals surface area contributed by atoms with Crippen molar-refractivity contribution in [2.75, 3.05) is 50.0 Å². The number of nitrogens with zero attached hydrogens (tertiary/aromatic N) is 6. The van der Waals surface area contributed by atoms with Gasteiger partial charge in [-0.1, -0.05) is 23.5 Å². The average molecular weight is 662 g/mol. The molecular formula is C34H37F2N7O3S. The minimum absolute atomic E-state index is 0.0924. The van der Waals surface area contributed by atoms with Gasteiger partial charge >= 0.3 is 6.01 Å². The quantitative estimate of drug-likeness (QED) is 0.282. The number of aliphatic hydroxyl groups is 1. The molecule has 0 amide bonds. The standard InChI is InChI=1S/C34H37F2N7O3S/c35-18-12-33(7-2-9-41(33)13-18)17-46-32-39-29-26(30(40-32)43-23-6-8-34(23)24(43)14-42(34)10-3-11-44)21-16-45-15-20(21)25(27(29)36)19-4-1-5-22-28(19)38-31(37)47-22/h1,4-5,18,23-24,44H,2-3,6-17H2,(H2,37,38)/t18?,23?,24?,33-,34?/m0/s1. The Morgan fingerprint density at radius 2 is 2.00 bits per heavy atom. The van der Waals surface area contributed by atoms with Crippen LogP contribution in [-0.4, -0.2) is 98.6 Å². The molecule has 5 fully saturated rings. The molecule has 13 heteroatoms. The van der Waals surface area contributed by atoms with E-state index in [0.29, 0.717) is 52.6 Å². The Labute approximate surface area is 274 Å². The second-order valence-corrected chi connectivity index (χ2v) is 15.3. The normalized spacial score (nSPS) is 31.0. The molecule has 2 aromatic carbocycles. The molecule has 1 saturated carbocycles. The maximum absolute atomic E-state index is 17.3. The van der Waals surface area contributed by atoms with E-state index in [9.17, 15) is 9.50 Å². The van der Waals surface area contributed by atoms with Crippen LogP contribution in [0.3, 0.4) is 0 Å². The Bertz CT molecular complexity index is 1950. The van der Waals surface area contributed by atoms with Crippen molar-refractivity contribution in [1.29, 1.82) is 0 Å². The molecule has 7 heterocycles. The van der Waals surface area contributed by atoms with Crippen LogP contribution in [0.1, 0.15) is 49.7 Å². The van der Waals surface area contributed by atoms with Gasteiger partial charge in [0.05, 0.1) is 52.0 Å². The van der Waals surface area contributed by atoms with Gasteiger partial charge in [0.25, 0.3) is 0 Å². The Hall–Kier alpha value is -3.23. The summed E-state index contributed by atoms with van der Waals surface area (Å²) in [6.45, 7) is 4.09. The second-order valence-electron chi connectivity index (χ2n) is 14.3. The molecule has 4 aromatic rings. The average Bonchev–Trinajstić information content (AvgIpc) is 3.81. The number of piperidine rings is 1. The highest BCUT2D eigenvalue weighted by molar-refractivity contribution is 7.22. The van der Waals surface area contributed by atoms with Crippen LogP contribution in [0.15, 0.2) is 18.2 Å². The van der Waals surface area contributed by atoms with Crippen molar-refractivity contribution in [1.82, 2.24) is 24.8 Å². The first kappa shape index (κ1) is 28.8. The van der Waals surface area contributed by atoms with Gasteiger partial charge in [-0.15, -0.1) is 0 Å². The molecule has 1 aliphatic carbocycles. The topological polar surface area (TPSA) is 113 Å². The highest BCUT2D eigenvalue weighted by atomic mass is 32.1. The number of fused-ring (bicyclic) bond motifs is 5. The zero-order valence-electron chi connectivity index (χ0n) is 26.1. The molecule has 1 spiro atoms. The van der Waals surface area contributed by atoms with E-state index < -0.39 is 12.0 Å². The largest absolute Gasteiger partial charge is 0.461 e. The summed E-state index contributed by atoms with van der Waals surface area (Å²) in [7, 11) is 0. The van der Waals surface area contributed by atoms with E-state index in [-0.39, 0.29) is 54.5 Å². The monoisotopic (exact) mass is 661 g/mol. The number of thiazole rings is 1. The summed E-state index contributed by atoms with van der Waals surface area (Å²) in [6, 6.07) is 6.38. The van der Waals surface area contributed by atoms with Crippen molar-refractivity contribution in [3.63, 3.8) is 0 Å². The summed E-state index contributed by atoms with van der Waals surface area (Å²) in [5.41, 5.74) is 9.50. The van der Waals surface area contributed by atoms with Crippen LogP contribution in [0.5, 0.6) is 6.01 Å². The van der Waals surface area contributed by atoms with Crippen LogP contribution in [0.4, 0.5) is 19.7 Å². The van der Waals surface area contributed by atoms with E-state index >= 15 is 4.39 Å². The number of benzene rings is 2. The first-order valence-electron chi connectivity index (χ1n) is 16.9. The number of ether oxygens (including phenoxy) is 2. The smallest absolute Gasteiger partial charge is 0.319 e. The molecule has 0 radical (unpaired) electrons. The maximum Gasteiger partial charge on any atom is 0.319 e. The third-order valence-electron chi connectivity index (χ3n) is 12.1. The number of rotatable bonds is 8. The molecule has 0 bridgehead atoms. The Morgan fingerprint density at radius 1 is 1.11 bits per heavy atom. The number of aromatic nitrogens is 3. The van der Waals surface area contributed by atoms with Gasteiger partial charge in [0.1, 0.15) is 24.1 Å². The lowest BCUT2D eigenvalue weighted by molar-refractivity contribution is -0.178. The Morgan fingerprint density at radius 3 is 2.83 bits per heavy atom. The Balaban J connectivity index is 1.13. The van der Waals surface area contributed by atoms with Crippen LogP contribution in [-0.2, 0) is 18.0 Å². The predicted octanol–water partition coefficient (Wildman–Crippen LogP) is 4.40. The van der Waals surface area contributed by atoms with Crippen molar-refractivity contribution >= 4 is 43.4 Å². The second kappa shape index (κ2) is 10.1. The highest BCUT2D eigenvalue weighted by Gasteiger charge is 2.75. The molecule has 4 unspecified atom stereocenters. The fraction of sp³-hybridized carbons (Fsp3) is 0.559. The van der Waals surface area contributed by atoms with Crippen LogP contribution >= 0.6 is 11.3 Å². The lowest BCUT2D eigenvalue weighted by Crippen LogP contribution is -2.96. The van der Waals surface area contributed by atoms with Gasteiger partial charge in [0.2, 0.25) is 0 Å². The van der Waals surface area contributed by atoms with Crippen LogP contribution < -0.4 is 15.4 Å². The first-order chi connectivity index (χ1) is 22.9. The maximum atomic E-state index is 17.3. The SMILES string of the molecule is Nc1nc2c(-c3c4c(c5c(N6C7CCC78C6CN8CCCO)nc(OC[C@@]67CCCN6CC(F)C7)nc5c3F)COC4)cccc2s1. The third-order valence-corrected chi connectivity index (χ3v) is 13.0. The third kappa shape index (κ3) is 3.80. The van der Waals surface area contributed by atoms with E-state index in [0.717, 1.165) is 67.6 Å². The molecule has 5 aliphatic heterocycles. The number of hydrogen-bond acceptors (Lipinski definition) is 11. The van der Waals surface area contributed by atoms with Crippen molar-refractivity contribution in [2.24, 2.45) is 0 Å². The number of hydrogen-bond donors (Lipinski definition) is 2. The van der Waals surface area contributed by atoms with E-state index in [4.69, 9.17) is 25.2 Å². The van der Waals surface area contributed by atoms with Crippen LogP contribution in [0, 0.1) is 5.82 Å². The molecule has 10 rings (SSSR count). The predicted molar refractivity (Wildman–Crippen MR) is 175 cm³/mol. The number of nitrogen functional groups attached to an aromatic ring is 1. The summed E-state index contributed by atoms with van der Waals surface area (Å²) in [4.78, 5) is 21.6. The van der Waals surface area contributed by atoms with E-state index in [1.54, 1.807) is 0 Å². The molecule has 6 aliphatic rings. The van der Waals surface area contributed by atoms with Crippen molar-refractivity contribution in [3.05, 3.63) is 35.1 Å². The molecule has 2 aromatic heterocycles. The molecule has 246 valence electrons. The molecular weight excluding hydrogens is 624 g/mol. The van der Waals surface area contributed by atoms with Crippen molar-refractivity contribution < 1.29 is 23.4 Å². The Kier molecular flexibility index (Phi) is 6.21. The zero-order valence-corrected chi connectivity index (χ0v) is 26.9. The fourth-order valence-electron chi connectivity index (χ4n) is 10.0. The lowest BCUT2D eigenvalue weighted by Gasteiger charge is -2.81. The number of nitrogens with two attached hydrogens (primary N) is 1. The van der Waals surface area contributed by atoms with E-state index in [1.807, 2.05) is 18.2 Å². The first-order valence-corrected chi connectivity index (χ1v) is 17.7. The molecule has 47 heavy (non-hydrogen) atoms. The minimum Gasteiger partial charge on any atom is -0.461 e. The van der Waals surface area contributed by atoms with Crippen LogP contribution in [0.2, 0.25) is 0 Å². The number of halogens is 2.